The van der Waals surface area contributed by atoms with Crippen LogP contribution in [0.4, 0.5) is 5.69 Å². The lowest BCUT2D eigenvalue weighted by atomic mass is 9.95. The number of benzene rings is 2. The molecule has 2 aromatic carbocycles. The number of non-ortho nitro benzene ring substituents is 1. The van der Waals surface area contributed by atoms with E-state index in [9.17, 15) is 24.8 Å². The smallest absolute Gasteiger partial charge is 0.295 e. The summed E-state index contributed by atoms with van der Waals surface area (Å²) in [6, 6.07) is 13.0. The summed E-state index contributed by atoms with van der Waals surface area (Å²) in [5, 5.41) is 30.8. The van der Waals surface area contributed by atoms with E-state index in [-0.39, 0.29) is 36.6 Å². The normalized spacial score (nSPS) is 18.5. The minimum absolute atomic E-state index is 0.0806. The summed E-state index contributed by atoms with van der Waals surface area (Å²) in [7, 11) is 0. The second kappa shape index (κ2) is 8.01. The van der Waals surface area contributed by atoms with Crippen LogP contribution in [0.5, 0.6) is 0 Å². The number of hydrogen-bond acceptors (Lipinski definition) is 6. The molecule has 8 heteroatoms. The monoisotopic (exact) mass is 382 g/mol. The first-order valence-electron chi connectivity index (χ1n) is 8.64. The van der Waals surface area contributed by atoms with Gasteiger partial charge in [-0.2, -0.15) is 0 Å². The number of nitro benzene ring substituents is 1. The molecule has 0 spiro atoms. The van der Waals surface area contributed by atoms with Crippen molar-refractivity contribution in [2.45, 2.75) is 12.5 Å². The predicted molar refractivity (Wildman–Crippen MR) is 100 cm³/mol. The Morgan fingerprint density at radius 3 is 2.29 bits per heavy atom. The van der Waals surface area contributed by atoms with Gasteiger partial charge in [0, 0.05) is 30.8 Å². The lowest BCUT2D eigenvalue weighted by Gasteiger charge is -2.25. The fraction of sp³-hybridized carbons (Fsp3) is 0.200. The molecule has 1 fully saturated rings. The zero-order chi connectivity index (χ0) is 20.3. The zero-order valence-corrected chi connectivity index (χ0v) is 14.8. The fourth-order valence-corrected chi connectivity index (χ4v) is 3.23. The number of ketones is 1. The van der Waals surface area contributed by atoms with Crippen LogP contribution in [0.25, 0.3) is 5.76 Å². The van der Waals surface area contributed by atoms with E-state index < -0.39 is 22.7 Å². The molecule has 0 saturated carbocycles. The number of likely N-dealkylation sites (tertiary alicyclic amines) is 1. The summed E-state index contributed by atoms with van der Waals surface area (Å²) in [5.74, 6) is -1.93. The summed E-state index contributed by atoms with van der Waals surface area (Å²) in [5.41, 5.74) is 0.636. The van der Waals surface area contributed by atoms with Crippen molar-refractivity contribution in [1.82, 2.24) is 4.90 Å². The second-order valence-corrected chi connectivity index (χ2v) is 6.28. The molecule has 1 saturated heterocycles. The Bertz CT molecular complexity index is 937. The lowest BCUT2D eigenvalue weighted by molar-refractivity contribution is -0.384. The Morgan fingerprint density at radius 1 is 1.07 bits per heavy atom. The average Bonchev–Trinajstić information content (AvgIpc) is 2.97. The summed E-state index contributed by atoms with van der Waals surface area (Å²) in [6.45, 7) is -0.0665. The average molecular weight is 382 g/mol. The maximum atomic E-state index is 12.7. The first kappa shape index (κ1) is 19.2. The molecule has 2 N–H and O–H groups in total. The number of aliphatic hydroxyl groups is 2. The molecular formula is C20H18N2O6. The largest absolute Gasteiger partial charge is 0.507 e. The molecule has 1 atom stereocenters. The fourth-order valence-electron chi connectivity index (χ4n) is 3.23. The third-order valence-corrected chi connectivity index (χ3v) is 4.56. The molecule has 0 unspecified atom stereocenters. The molecule has 2 aromatic rings. The Hall–Kier alpha value is -3.52. The summed E-state index contributed by atoms with van der Waals surface area (Å²) < 4.78 is 0. The number of rotatable bonds is 6. The van der Waals surface area contributed by atoms with Crippen LogP contribution in [0.2, 0.25) is 0 Å². The molecule has 28 heavy (non-hydrogen) atoms. The molecule has 0 aliphatic carbocycles. The van der Waals surface area contributed by atoms with Crippen LogP contribution < -0.4 is 0 Å². The highest BCUT2D eigenvalue weighted by Crippen LogP contribution is 2.39. The van der Waals surface area contributed by atoms with Gasteiger partial charge >= 0.3 is 0 Å². The van der Waals surface area contributed by atoms with E-state index in [1.165, 1.54) is 29.2 Å². The van der Waals surface area contributed by atoms with E-state index in [2.05, 4.69) is 0 Å². The van der Waals surface area contributed by atoms with Crippen LogP contribution >= 0.6 is 0 Å². The number of carbonyl (C=O) groups is 2. The lowest BCUT2D eigenvalue weighted by Crippen LogP contribution is -2.31. The van der Waals surface area contributed by atoms with Gasteiger partial charge in [0.2, 0.25) is 0 Å². The number of hydrogen-bond donors (Lipinski definition) is 2. The molecule has 0 bridgehead atoms. The van der Waals surface area contributed by atoms with Crippen LogP contribution in [-0.4, -0.2) is 44.9 Å². The molecule has 3 rings (SSSR count). The van der Waals surface area contributed by atoms with Gasteiger partial charge in [-0.05, 0) is 24.1 Å². The van der Waals surface area contributed by atoms with E-state index in [0.717, 1.165) is 0 Å². The molecule has 1 heterocycles. The zero-order valence-electron chi connectivity index (χ0n) is 14.8. The van der Waals surface area contributed by atoms with Crippen molar-refractivity contribution in [3.63, 3.8) is 0 Å². The summed E-state index contributed by atoms with van der Waals surface area (Å²) in [4.78, 5) is 36.9. The van der Waals surface area contributed by atoms with Crippen molar-refractivity contribution in [1.29, 1.82) is 0 Å². The van der Waals surface area contributed by atoms with Gasteiger partial charge in [0.25, 0.3) is 17.4 Å². The van der Waals surface area contributed by atoms with Crippen molar-refractivity contribution in [2.24, 2.45) is 0 Å². The van der Waals surface area contributed by atoms with Crippen LogP contribution in [0.15, 0.2) is 60.2 Å². The second-order valence-electron chi connectivity index (χ2n) is 6.28. The molecule has 8 nitrogen and oxygen atoms in total. The van der Waals surface area contributed by atoms with Gasteiger partial charge in [-0.3, -0.25) is 19.7 Å². The van der Waals surface area contributed by atoms with Gasteiger partial charge in [0.15, 0.2) is 0 Å². The molecular weight excluding hydrogens is 364 g/mol. The Morgan fingerprint density at radius 2 is 1.71 bits per heavy atom. The molecule has 1 aliphatic rings. The highest BCUT2D eigenvalue weighted by atomic mass is 16.6. The highest BCUT2D eigenvalue weighted by Gasteiger charge is 2.45. The molecule has 0 aromatic heterocycles. The van der Waals surface area contributed by atoms with Gasteiger partial charge in [0.1, 0.15) is 5.76 Å². The SMILES string of the molecule is O=C1C(=O)N(CCCO)[C@@H](c2ccc([N+](=O)[O-])cc2)C1=C(O)c1ccccc1. The van der Waals surface area contributed by atoms with Crippen LogP contribution in [0.3, 0.4) is 0 Å². The minimum Gasteiger partial charge on any atom is -0.507 e. The maximum absolute atomic E-state index is 12.7. The van der Waals surface area contributed by atoms with E-state index in [4.69, 9.17) is 5.11 Å². The number of aliphatic hydroxyl groups excluding tert-OH is 2. The van der Waals surface area contributed by atoms with Crippen molar-refractivity contribution in [2.75, 3.05) is 13.2 Å². The van der Waals surface area contributed by atoms with Crippen molar-refractivity contribution in [3.05, 3.63) is 81.4 Å². The van der Waals surface area contributed by atoms with Crippen molar-refractivity contribution >= 4 is 23.1 Å². The number of nitrogens with zero attached hydrogens (tertiary/aromatic N) is 2. The van der Waals surface area contributed by atoms with Crippen molar-refractivity contribution < 1.29 is 24.7 Å². The maximum Gasteiger partial charge on any atom is 0.295 e. The Balaban J connectivity index is 2.14. The van der Waals surface area contributed by atoms with E-state index in [1.54, 1.807) is 30.3 Å². The first-order chi connectivity index (χ1) is 13.5. The molecule has 0 radical (unpaired) electrons. The number of Topliss-reactive ketones (excluding diaryl/α,β-unsaturated/α-hetero) is 1. The summed E-state index contributed by atoms with van der Waals surface area (Å²) >= 11 is 0. The van der Waals surface area contributed by atoms with Gasteiger partial charge in [-0.15, -0.1) is 0 Å². The number of amides is 1. The van der Waals surface area contributed by atoms with Crippen molar-refractivity contribution in [3.8, 4) is 0 Å². The molecule has 144 valence electrons. The minimum atomic E-state index is -0.896. The Labute approximate surface area is 160 Å². The number of carbonyl (C=O) groups excluding carboxylic acids is 2. The standard InChI is InChI=1S/C20H18N2O6/c23-12-4-11-21-17(13-7-9-15(10-8-13)22(27)28)16(19(25)20(21)26)18(24)14-5-2-1-3-6-14/h1-3,5-10,17,23-24H,4,11-12H2/t17-/m0/s1. The van der Waals surface area contributed by atoms with E-state index >= 15 is 0 Å². The van der Waals surface area contributed by atoms with Gasteiger partial charge in [-0.1, -0.05) is 30.3 Å². The van der Waals surface area contributed by atoms with E-state index in [0.29, 0.717) is 11.1 Å². The molecule has 1 aliphatic heterocycles. The van der Waals surface area contributed by atoms with Gasteiger partial charge in [-0.25, -0.2) is 0 Å². The van der Waals surface area contributed by atoms with Crippen LogP contribution in [0.1, 0.15) is 23.6 Å². The predicted octanol–water partition coefficient (Wildman–Crippen LogP) is 2.40. The summed E-state index contributed by atoms with van der Waals surface area (Å²) in [6.07, 6.45) is 0.252. The van der Waals surface area contributed by atoms with Crippen LogP contribution in [-0.2, 0) is 9.59 Å². The Kier molecular flexibility index (Phi) is 5.51. The number of nitro groups is 1. The topological polar surface area (TPSA) is 121 Å². The van der Waals surface area contributed by atoms with Crippen LogP contribution in [0, 0.1) is 10.1 Å². The third-order valence-electron chi connectivity index (χ3n) is 4.56. The van der Waals surface area contributed by atoms with Gasteiger partial charge in [0.05, 0.1) is 16.5 Å². The highest BCUT2D eigenvalue weighted by molar-refractivity contribution is 6.46. The third kappa shape index (κ3) is 3.49. The van der Waals surface area contributed by atoms with E-state index in [1.807, 2.05) is 0 Å². The van der Waals surface area contributed by atoms with Gasteiger partial charge < -0.3 is 15.1 Å². The molecule has 1 amide bonds. The first-order valence-corrected chi connectivity index (χ1v) is 8.64. The quantitative estimate of drug-likeness (QED) is 0.260.